The Bertz CT molecular complexity index is 412. The molecule has 1 aromatic carbocycles. The lowest BCUT2D eigenvalue weighted by Gasteiger charge is -2.34. The number of amides is 2. The van der Waals surface area contributed by atoms with Gasteiger partial charge in [-0.25, -0.2) is 4.79 Å². The predicted molar refractivity (Wildman–Crippen MR) is 77.6 cm³/mol. The van der Waals surface area contributed by atoms with Crippen LogP contribution in [0.15, 0.2) is 24.3 Å². The van der Waals surface area contributed by atoms with Crippen molar-refractivity contribution in [1.29, 1.82) is 0 Å². The van der Waals surface area contributed by atoms with Crippen LogP contribution in [0.3, 0.4) is 0 Å². The summed E-state index contributed by atoms with van der Waals surface area (Å²) in [5, 5.41) is 3.39. The smallest absolute Gasteiger partial charge is 0.320 e. The van der Waals surface area contributed by atoms with E-state index in [9.17, 15) is 4.79 Å². The van der Waals surface area contributed by atoms with Crippen LogP contribution in [0, 0.1) is 0 Å². The van der Waals surface area contributed by atoms with Crippen LogP contribution in [0.2, 0.25) is 5.02 Å². The van der Waals surface area contributed by atoms with Gasteiger partial charge in [-0.2, -0.15) is 0 Å². The number of halogens is 1. The summed E-state index contributed by atoms with van der Waals surface area (Å²) >= 11 is 5.77. The lowest BCUT2D eigenvalue weighted by atomic mass is 10.1. The van der Waals surface area contributed by atoms with Crippen molar-refractivity contribution in [3.05, 3.63) is 29.3 Å². The summed E-state index contributed by atoms with van der Waals surface area (Å²) < 4.78 is 5.42. The molecule has 0 saturated carbocycles. The Morgan fingerprint density at radius 3 is 2.37 bits per heavy atom. The maximum Gasteiger partial charge on any atom is 0.320 e. The molecule has 0 aliphatic rings. The number of nitrogens with zero attached hydrogens (tertiary/aromatic N) is 1. The molecule has 19 heavy (non-hydrogen) atoms. The Morgan fingerprint density at radius 1 is 1.32 bits per heavy atom. The number of ether oxygens (including phenoxy) is 1. The Morgan fingerprint density at radius 2 is 1.89 bits per heavy atom. The SMILES string of the molecule is CCN(C(=O)NCOc1ccc(Cl)cc1)C(C)(C)C. The van der Waals surface area contributed by atoms with E-state index < -0.39 is 0 Å². The van der Waals surface area contributed by atoms with Crippen LogP contribution in [-0.2, 0) is 0 Å². The summed E-state index contributed by atoms with van der Waals surface area (Å²) in [5.41, 5.74) is -0.209. The van der Waals surface area contributed by atoms with Crippen molar-refractivity contribution in [2.45, 2.75) is 33.2 Å². The van der Waals surface area contributed by atoms with Crippen LogP contribution in [0.5, 0.6) is 5.75 Å². The first-order valence-corrected chi connectivity index (χ1v) is 6.66. The normalized spacial score (nSPS) is 11.0. The number of benzene rings is 1. The van der Waals surface area contributed by atoms with Gasteiger partial charge in [-0.05, 0) is 52.0 Å². The first-order valence-electron chi connectivity index (χ1n) is 6.28. The highest BCUT2D eigenvalue weighted by atomic mass is 35.5. The van der Waals surface area contributed by atoms with Gasteiger partial charge in [0.1, 0.15) is 5.75 Å². The predicted octanol–water partition coefficient (Wildman–Crippen LogP) is 3.51. The summed E-state index contributed by atoms with van der Waals surface area (Å²) in [6.45, 7) is 8.72. The molecule has 4 nitrogen and oxygen atoms in total. The quantitative estimate of drug-likeness (QED) is 0.860. The van der Waals surface area contributed by atoms with Crippen LogP contribution in [0.4, 0.5) is 4.79 Å². The highest BCUT2D eigenvalue weighted by molar-refractivity contribution is 6.30. The number of rotatable bonds is 4. The molecular formula is C14H21ClN2O2. The molecule has 0 aromatic heterocycles. The summed E-state index contributed by atoms with van der Waals surface area (Å²) in [6.07, 6.45) is 0. The van der Waals surface area contributed by atoms with E-state index in [1.807, 2.05) is 27.7 Å². The van der Waals surface area contributed by atoms with Crippen LogP contribution in [-0.4, -0.2) is 29.7 Å². The fourth-order valence-electron chi connectivity index (χ4n) is 1.73. The molecule has 0 heterocycles. The topological polar surface area (TPSA) is 41.6 Å². The highest BCUT2D eigenvalue weighted by Gasteiger charge is 2.24. The summed E-state index contributed by atoms with van der Waals surface area (Å²) in [7, 11) is 0. The third kappa shape index (κ3) is 4.99. The van der Waals surface area contributed by atoms with E-state index in [2.05, 4.69) is 5.32 Å². The molecular weight excluding hydrogens is 264 g/mol. The first-order chi connectivity index (χ1) is 8.84. The Balaban J connectivity index is 2.44. The minimum atomic E-state index is -0.209. The Hall–Kier alpha value is -1.42. The second-order valence-corrected chi connectivity index (χ2v) is 5.58. The van der Waals surface area contributed by atoms with Crippen molar-refractivity contribution in [2.24, 2.45) is 0 Å². The number of urea groups is 1. The van der Waals surface area contributed by atoms with Gasteiger partial charge in [0, 0.05) is 17.1 Å². The molecule has 0 fully saturated rings. The lowest BCUT2D eigenvalue weighted by Crippen LogP contribution is -2.50. The molecule has 0 atom stereocenters. The molecule has 2 amide bonds. The molecule has 1 rings (SSSR count). The average molecular weight is 285 g/mol. The van der Waals surface area contributed by atoms with Crippen molar-refractivity contribution in [2.75, 3.05) is 13.3 Å². The Kier molecular flexibility index (Phi) is 5.48. The molecule has 0 aliphatic heterocycles. The van der Waals surface area contributed by atoms with Crippen LogP contribution in [0.25, 0.3) is 0 Å². The minimum absolute atomic E-state index is 0.132. The molecule has 1 N–H and O–H groups in total. The number of hydrogen-bond donors (Lipinski definition) is 1. The zero-order chi connectivity index (χ0) is 14.5. The standard InChI is InChI=1S/C14H21ClN2O2/c1-5-17(14(2,3)4)13(18)16-10-19-12-8-6-11(15)7-9-12/h6-9H,5,10H2,1-4H3,(H,16,18). The molecule has 0 spiro atoms. The van der Waals surface area contributed by atoms with E-state index >= 15 is 0 Å². The second-order valence-electron chi connectivity index (χ2n) is 5.14. The number of carbonyl (C=O) groups excluding carboxylic acids is 1. The van der Waals surface area contributed by atoms with E-state index in [1.54, 1.807) is 29.2 Å². The lowest BCUT2D eigenvalue weighted by molar-refractivity contribution is 0.141. The highest BCUT2D eigenvalue weighted by Crippen LogP contribution is 2.15. The van der Waals surface area contributed by atoms with Gasteiger partial charge >= 0.3 is 6.03 Å². The largest absolute Gasteiger partial charge is 0.473 e. The van der Waals surface area contributed by atoms with Gasteiger partial charge in [0.25, 0.3) is 0 Å². The van der Waals surface area contributed by atoms with E-state index in [0.717, 1.165) is 0 Å². The molecule has 5 heteroatoms. The number of carbonyl (C=O) groups is 1. The van der Waals surface area contributed by atoms with Gasteiger partial charge in [0.05, 0.1) is 0 Å². The van der Waals surface area contributed by atoms with Gasteiger partial charge in [0.15, 0.2) is 6.73 Å². The van der Waals surface area contributed by atoms with E-state index in [4.69, 9.17) is 16.3 Å². The van der Waals surface area contributed by atoms with Gasteiger partial charge in [-0.15, -0.1) is 0 Å². The molecule has 0 aliphatic carbocycles. The second kappa shape index (κ2) is 6.66. The summed E-state index contributed by atoms with van der Waals surface area (Å²) in [5.74, 6) is 0.670. The van der Waals surface area contributed by atoms with Crippen molar-refractivity contribution in [3.63, 3.8) is 0 Å². The van der Waals surface area contributed by atoms with Gasteiger partial charge in [-0.3, -0.25) is 0 Å². The van der Waals surface area contributed by atoms with Crippen molar-refractivity contribution < 1.29 is 9.53 Å². The zero-order valence-electron chi connectivity index (χ0n) is 11.9. The molecule has 0 bridgehead atoms. The van der Waals surface area contributed by atoms with Crippen LogP contribution >= 0.6 is 11.6 Å². The molecule has 0 radical (unpaired) electrons. The van der Waals surface area contributed by atoms with Crippen molar-refractivity contribution in [3.8, 4) is 5.75 Å². The third-order valence-electron chi connectivity index (χ3n) is 2.65. The summed E-state index contributed by atoms with van der Waals surface area (Å²) in [4.78, 5) is 13.7. The maximum absolute atomic E-state index is 12.0. The van der Waals surface area contributed by atoms with E-state index in [0.29, 0.717) is 17.3 Å². The number of hydrogen-bond acceptors (Lipinski definition) is 2. The van der Waals surface area contributed by atoms with Crippen molar-refractivity contribution >= 4 is 17.6 Å². The fourth-order valence-corrected chi connectivity index (χ4v) is 1.86. The third-order valence-corrected chi connectivity index (χ3v) is 2.90. The van der Waals surface area contributed by atoms with E-state index in [1.165, 1.54) is 0 Å². The number of nitrogens with one attached hydrogen (secondary N) is 1. The molecule has 0 unspecified atom stereocenters. The minimum Gasteiger partial charge on any atom is -0.473 e. The monoisotopic (exact) mass is 284 g/mol. The first kappa shape index (κ1) is 15.6. The molecule has 106 valence electrons. The zero-order valence-corrected chi connectivity index (χ0v) is 12.6. The Labute approximate surface area is 119 Å². The fraction of sp³-hybridized carbons (Fsp3) is 0.500. The van der Waals surface area contributed by atoms with Crippen LogP contribution < -0.4 is 10.1 Å². The van der Waals surface area contributed by atoms with Gasteiger partial charge in [-0.1, -0.05) is 11.6 Å². The van der Waals surface area contributed by atoms with E-state index in [-0.39, 0.29) is 18.3 Å². The van der Waals surface area contributed by atoms with Gasteiger partial charge < -0.3 is 15.0 Å². The summed E-state index contributed by atoms with van der Waals surface area (Å²) in [6, 6.07) is 6.87. The maximum atomic E-state index is 12.0. The van der Waals surface area contributed by atoms with Crippen LogP contribution in [0.1, 0.15) is 27.7 Å². The molecule has 1 aromatic rings. The molecule has 0 saturated heterocycles. The van der Waals surface area contributed by atoms with Gasteiger partial charge in [0.2, 0.25) is 0 Å². The average Bonchev–Trinajstić information content (AvgIpc) is 2.30. The van der Waals surface area contributed by atoms with Crippen molar-refractivity contribution in [1.82, 2.24) is 10.2 Å².